The molecule has 1 aromatic heterocycles. The molecule has 1 atom stereocenters. The van der Waals surface area contributed by atoms with Gasteiger partial charge >= 0.3 is 0 Å². The number of nitrogens with zero attached hydrogens (tertiary/aromatic N) is 3. The molecule has 0 spiro atoms. The van der Waals surface area contributed by atoms with Crippen LogP contribution in [0.25, 0.3) is 0 Å². The van der Waals surface area contributed by atoms with E-state index in [0.29, 0.717) is 18.2 Å². The highest BCUT2D eigenvalue weighted by molar-refractivity contribution is 5.83. The molecular weight excluding hydrogens is 244 g/mol. The number of carbonyl (C=O) groups excluding carboxylic acids is 1. The highest BCUT2D eigenvalue weighted by Gasteiger charge is 2.40. The number of carbonyl (C=O) groups is 1. The summed E-state index contributed by atoms with van der Waals surface area (Å²) in [5, 5.41) is 2.72. The van der Waals surface area contributed by atoms with Crippen LogP contribution in [-0.4, -0.2) is 36.0 Å². The van der Waals surface area contributed by atoms with Gasteiger partial charge in [0, 0.05) is 26.2 Å². The van der Waals surface area contributed by atoms with Crippen LogP contribution in [0.2, 0.25) is 0 Å². The van der Waals surface area contributed by atoms with E-state index in [4.69, 9.17) is 5.84 Å². The normalized spacial score (nSPS) is 22.4. The third-order valence-electron chi connectivity index (χ3n) is 3.54. The molecule has 104 valence electrons. The van der Waals surface area contributed by atoms with Crippen molar-refractivity contribution in [2.45, 2.75) is 20.3 Å². The van der Waals surface area contributed by atoms with Crippen LogP contribution in [-0.2, 0) is 4.79 Å². The Bertz CT molecular complexity index is 491. The van der Waals surface area contributed by atoms with Gasteiger partial charge in [-0.3, -0.25) is 4.79 Å². The zero-order chi connectivity index (χ0) is 14.0. The van der Waals surface area contributed by atoms with E-state index in [2.05, 4.69) is 25.6 Å². The standard InChI is InChI=1S/C12H20N6O/c1-8-15-9(17-13)6-10(16-8)18-5-4-12(2,7-18)11(19)14-3/h6H,4-5,7,13H2,1-3H3,(H,14,19)(H,15,16,17). The first kappa shape index (κ1) is 13.5. The van der Waals surface area contributed by atoms with Gasteiger partial charge in [0.2, 0.25) is 5.91 Å². The fourth-order valence-corrected chi connectivity index (χ4v) is 2.43. The number of aryl methyl sites for hydroxylation is 1. The number of amides is 1. The smallest absolute Gasteiger partial charge is 0.227 e. The average molecular weight is 264 g/mol. The first-order valence-corrected chi connectivity index (χ1v) is 6.28. The van der Waals surface area contributed by atoms with Gasteiger partial charge in [-0.15, -0.1) is 0 Å². The molecule has 1 amide bonds. The molecule has 1 unspecified atom stereocenters. The molecule has 2 heterocycles. The molecule has 0 aromatic carbocycles. The van der Waals surface area contributed by atoms with E-state index < -0.39 is 0 Å². The van der Waals surface area contributed by atoms with Gasteiger partial charge in [-0.25, -0.2) is 15.8 Å². The summed E-state index contributed by atoms with van der Waals surface area (Å²) >= 11 is 0. The number of rotatable bonds is 3. The molecule has 4 N–H and O–H groups in total. The summed E-state index contributed by atoms with van der Waals surface area (Å²) in [6, 6.07) is 1.79. The number of hydrogen-bond acceptors (Lipinski definition) is 6. The van der Waals surface area contributed by atoms with E-state index in [1.165, 1.54) is 0 Å². The van der Waals surface area contributed by atoms with Gasteiger partial charge in [-0.2, -0.15) is 0 Å². The van der Waals surface area contributed by atoms with E-state index in [1.54, 1.807) is 13.1 Å². The van der Waals surface area contributed by atoms with Gasteiger partial charge in [0.1, 0.15) is 17.5 Å². The van der Waals surface area contributed by atoms with Crippen LogP contribution in [0.5, 0.6) is 0 Å². The Hall–Kier alpha value is -1.89. The number of nitrogens with one attached hydrogen (secondary N) is 2. The molecule has 1 fully saturated rings. The largest absolute Gasteiger partial charge is 0.359 e. The quantitative estimate of drug-likeness (QED) is 0.526. The summed E-state index contributed by atoms with van der Waals surface area (Å²) in [5.74, 6) is 7.48. The van der Waals surface area contributed by atoms with Crippen molar-refractivity contribution in [2.24, 2.45) is 11.3 Å². The Morgan fingerprint density at radius 3 is 2.89 bits per heavy atom. The SMILES string of the molecule is CNC(=O)C1(C)CCN(c2cc(NN)nc(C)n2)C1. The van der Waals surface area contributed by atoms with Crippen LogP contribution in [0.3, 0.4) is 0 Å². The highest BCUT2D eigenvalue weighted by Crippen LogP contribution is 2.33. The van der Waals surface area contributed by atoms with Crippen molar-refractivity contribution in [3.05, 3.63) is 11.9 Å². The van der Waals surface area contributed by atoms with Crippen molar-refractivity contribution in [1.82, 2.24) is 15.3 Å². The number of nitrogen functional groups attached to an aromatic ring is 1. The average Bonchev–Trinajstić information content (AvgIpc) is 2.81. The minimum absolute atomic E-state index is 0.0675. The van der Waals surface area contributed by atoms with E-state index >= 15 is 0 Å². The Labute approximate surface area is 112 Å². The van der Waals surface area contributed by atoms with Crippen molar-refractivity contribution >= 4 is 17.5 Å². The van der Waals surface area contributed by atoms with Crippen LogP contribution >= 0.6 is 0 Å². The molecule has 1 aromatic rings. The second-order valence-electron chi connectivity index (χ2n) is 5.11. The summed E-state index contributed by atoms with van der Waals surface area (Å²) in [6.45, 7) is 5.23. The van der Waals surface area contributed by atoms with Crippen molar-refractivity contribution in [2.75, 3.05) is 30.5 Å². The van der Waals surface area contributed by atoms with Gasteiger partial charge in [0.15, 0.2) is 0 Å². The van der Waals surface area contributed by atoms with Crippen LogP contribution in [0, 0.1) is 12.3 Å². The number of hydrogen-bond donors (Lipinski definition) is 3. The molecular formula is C12H20N6O. The molecule has 1 saturated heterocycles. The maximum Gasteiger partial charge on any atom is 0.227 e. The van der Waals surface area contributed by atoms with Gasteiger partial charge in [-0.1, -0.05) is 0 Å². The molecule has 2 rings (SSSR count). The lowest BCUT2D eigenvalue weighted by atomic mass is 9.89. The maximum absolute atomic E-state index is 11.9. The lowest BCUT2D eigenvalue weighted by molar-refractivity contribution is -0.128. The molecule has 1 aliphatic heterocycles. The molecule has 7 heteroatoms. The van der Waals surface area contributed by atoms with Crippen LogP contribution in [0.4, 0.5) is 11.6 Å². The zero-order valence-electron chi connectivity index (χ0n) is 11.5. The van der Waals surface area contributed by atoms with Crippen LogP contribution < -0.4 is 21.5 Å². The number of aromatic nitrogens is 2. The first-order valence-electron chi connectivity index (χ1n) is 6.28. The van der Waals surface area contributed by atoms with E-state index in [0.717, 1.165) is 18.8 Å². The molecule has 0 aliphatic carbocycles. The molecule has 7 nitrogen and oxygen atoms in total. The summed E-state index contributed by atoms with van der Waals surface area (Å²) in [7, 11) is 1.67. The zero-order valence-corrected chi connectivity index (χ0v) is 11.5. The van der Waals surface area contributed by atoms with E-state index in [9.17, 15) is 4.79 Å². The fraction of sp³-hybridized carbons (Fsp3) is 0.583. The Morgan fingerprint density at radius 1 is 1.53 bits per heavy atom. The summed E-state index contributed by atoms with van der Waals surface area (Å²) in [5.41, 5.74) is 2.16. The van der Waals surface area contributed by atoms with Crippen LogP contribution in [0.1, 0.15) is 19.2 Å². The topological polar surface area (TPSA) is 96.2 Å². The van der Waals surface area contributed by atoms with Gasteiger partial charge in [0.25, 0.3) is 0 Å². The van der Waals surface area contributed by atoms with Gasteiger partial charge in [-0.05, 0) is 20.3 Å². The van der Waals surface area contributed by atoms with E-state index in [1.807, 2.05) is 13.8 Å². The third kappa shape index (κ3) is 2.60. The summed E-state index contributed by atoms with van der Waals surface area (Å²) < 4.78 is 0. The number of hydrazine groups is 1. The monoisotopic (exact) mass is 264 g/mol. The molecule has 19 heavy (non-hydrogen) atoms. The highest BCUT2D eigenvalue weighted by atomic mass is 16.2. The fourth-order valence-electron chi connectivity index (χ4n) is 2.43. The van der Waals surface area contributed by atoms with Gasteiger partial charge < -0.3 is 15.6 Å². The Morgan fingerprint density at radius 2 is 2.26 bits per heavy atom. The van der Waals surface area contributed by atoms with Crippen LogP contribution in [0.15, 0.2) is 6.07 Å². The maximum atomic E-state index is 11.9. The lowest BCUT2D eigenvalue weighted by Gasteiger charge is -2.23. The Kier molecular flexibility index (Phi) is 3.57. The second-order valence-corrected chi connectivity index (χ2v) is 5.11. The predicted octanol–water partition coefficient (Wildman–Crippen LogP) is 0.0330. The number of anilines is 2. The molecule has 1 aliphatic rings. The summed E-state index contributed by atoms with van der Waals surface area (Å²) in [4.78, 5) is 22.5. The van der Waals surface area contributed by atoms with Gasteiger partial charge in [0.05, 0.1) is 5.41 Å². The van der Waals surface area contributed by atoms with Crippen molar-refractivity contribution < 1.29 is 4.79 Å². The van der Waals surface area contributed by atoms with Crippen molar-refractivity contribution in [3.8, 4) is 0 Å². The molecule has 0 bridgehead atoms. The predicted molar refractivity (Wildman–Crippen MR) is 73.6 cm³/mol. The van der Waals surface area contributed by atoms with E-state index in [-0.39, 0.29) is 11.3 Å². The summed E-state index contributed by atoms with van der Waals surface area (Å²) in [6.07, 6.45) is 0.807. The second kappa shape index (κ2) is 5.00. The third-order valence-corrected chi connectivity index (χ3v) is 3.54. The molecule has 0 radical (unpaired) electrons. The Balaban J connectivity index is 2.21. The van der Waals surface area contributed by atoms with Crippen molar-refractivity contribution in [3.63, 3.8) is 0 Å². The molecule has 0 saturated carbocycles. The van der Waals surface area contributed by atoms with Crippen molar-refractivity contribution in [1.29, 1.82) is 0 Å². The minimum atomic E-state index is -0.371. The minimum Gasteiger partial charge on any atom is -0.359 e. The number of nitrogens with two attached hydrogens (primary N) is 1. The lowest BCUT2D eigenvalue weighted by Crippen LogP contribution is -2.39. The first-order chi connectivity index (χ1) is 8.98.